The highest BCUT2D eigenvalue weighted by atomic mass is 32.2. The van der Waals surface area contributed by atoms with Gasteiger partial charge >= 0.3 is 17.8 Å². The first-order valence-electron chi connectivity index (χ1n) is 9.75. The number of benzene rings is 2. The van der Waals surface area contributed by atoms with Crippen LogP contribution in [-0.2, 0) is 14.8 Å². The van der Waals surface area contributed by atoms with E-state index in [1.165, 1.54) is 4.31 Å². The Morgan fingerprint density at radius 2 is 1.66 bits per heavy atom. The summed E-state index contributed by atoms with van der Waals surface area (Å²) in [4.78, 5) is 26.1. The molecule has 1 fully saturated rings. The fraction of sp³-hybridized carbons (Fsp3) is 0.300. The third-order valence-electron chi connectivity index (χ3n) is 5.42. The van der Waals surface area contributed by atoms with Crippen LogP contribution in [0, 0.1) is 0 Å². The molecule has 3 aromatic rings. The lowest BCUT2D eigenvalue weighted by Gasteiger charge is -2.31. The van der Waals surface area contributed by atoms with Crippen LogP contribution in [0.5, 0.6) is 0 Å². The molecule has 0 radical (unpaired) electrons. The Hall–Kier alpha value is -3.12. The van der Waals surface area contributed by atoms with E-state index in [-0.39, 0.29) is 35.4 Å². The van der Waals surface area contributed by atoms with Crippen molar-refractivity contribution in [1.29, 1.82) is 0 Å². The molecule has 1 saturated heterocycles. The second-order valence-corrected chi connectivity index (χ2v) is 9.37. The second-order valence-electron chi connectivity index (χ2n) is 7.43. The molecule has 1 amide bonds. The summed E-state index contributed by atoms with van der Waals surface area (Å²) in [5.41, 5.74) is 1.06. The number of hydrogen-bond donors (Lipinski definition) is 2. The fourth-order valence-corrected chi connectivity index (χ4v) is 5.31. The van der Waals surface area contributed by atoms with E-state index in [0.29, 0.717) is 18.4 Å². The summed E-state index contributed by atoms with van der Waals surface area (Å²) in [6.45, 7) is 0.372. The number of anilines is 1. The summed E-state index contributed by atoms with van der Waals surface area (Å²) in [6.07, 6.45) is -4.18. The lowest BCUT2D eigenvalue weighted by atomic mass is 10.1. The Kier molecular flexibility index (Phi) is 5.59. The predicted octanol–water partition coefficient (Wildman–Crippen LogP) is 2.86. The number of para-hydroxylation sites is 2. The number of amides is 1. The maximum atomic E-state index is 12.9. The molecule has 1 aromatic heterocycles. The average molecular weight is 468 g/mol. The Bertz CT molecular complexity index is 1310. The molecule has 8 nitrogen and oxygen atoms in total. The molecule has 170 valence electrons. The normalized spacial score (nSPS) is 16.3. The SMILES string of the molecule is O=C(Nc1ccc(S(=O)(=O)N2CCC(n3c(=O)[nH]c4ccccc43)CC2)cc1)C(F)(F)F. The number of fused-ring (bicyclic) bond motifs is 1. The lowest BCUT2D eigenvalue weighted by molar-refractivity contribution is -0.167. The van der Waals surface area contributed by atoms with Gasteiger partial charge in [0.1, 0.15) is 0 Å². The first-order valence-corrected chi connectivity index (χ1v) is 11.2. The van der Waals surface area contributed by atoms with Crippen molar-refractivity contribution in [2.24, 2.45) is 0 Å². The van der Waals surface area contributed by atoms with E-state index >= 15 is 0 Å². The smallest absolute Gasteiger partial charge is 0.318 e. The number of sulfonamides is 1. The summed E-state index contributed by atoms with van der Waals surface area (Å²) >= 11 is 0. The minimum atomic E-state index is -5.04. The lowest BCUT2D eigenvalue weighted by Crippen LogP contribution is -2.40. The van der Waals surface area contributed by atoms with Gasteiger partial charge < -0.3 is 10.3 Å². The van der Waals surface area contributed by atoms with Gasteiger partial charge in [-0.1, -0.05) is 12.1 Å². The quantitative estimate of drug-likeness (QED) is 0.615. The molecule has 1 aliphatic rings. The van der Waals surface area contributed by atoms with Crippen LogP contribution in [0.15, 0.2) is 58.2 Å². The summed E-state index contributed by atoms with van der Waals surface area (Å²) in [7, 11) is -3.88. The van der Waals surface area contributed by atoms with Crippen LogP contribution in [0.1, 0.15) is 18.9 Å². The first-order chi connectivity index (χ1) is 15.1. The first kappa shape index (κ1) is 22.1. The van der Waals surface area contributed by atoms with E-state index in [0.717, 1.165) is 29.8 Å². The number of aromatic amines is 1. The number of nitrogens with one attached hydrogen (secondary N) is 2. The summed E-state index contributed by atoms with van der Waals surface area (Å²) < 4.78 is 65.9. The minimum absolute atomic E-state index is 0.0924. The van der Waals surface area contributed by atoms with Crippen LogP contribution >= 0.6 is 0 Å². The Balaban J connectivity index is 1.46. The van der Waals surface area contributed by atoms with Gasteiger partial charge in [0.2, 0.25) is 10.0 Å². The van der Waals surface area contributed by atoms with Gasteiger partial charge in [0, 0.05) is 24.8 Å². The zero-order valence-electron chi connectivity index (χ0n) is 16.6. The molecule has 0 bridgehead atoms. The number of rotatable bonds is 4. The van der Waals surface area contributed by atoms with E-state index in [1.807, 2.05) is 18.2 Å². The number of alkyl halides is 3. The van der Waals surface area contributed by atoms with E-state index in [9.17, 15) is 31.2 Å². The maximum absolute atomic E-state index is 12.9. The maximum Gasteiger partial charge on any atom is 0.471 e. The van der Waals surface area contributed by atoms with Crippen LogP contribution < -0.4 is 11.0 Å². The molecule has 0 saturated carbocycles. The van der Waals surface area contributed by atoms with Gasteiger partial charge in [-0.3, -0.25) is 9.36 Å². The highest BCUT2D eigenvalue weighted by Gasteiger charge is 2.38. The number of halogens is 3. The van der Waals surface area contributed by atoms with Gasteiger partial charge in [-0.2, -0.15) is 17.5 Å². The van der Waals surface area contributed by atoms with Crippen LogP contribution in [-0.4, -0.2) is 47.4 Å². The van der Waals surface area contributed by atoms with Gasteiger partial charge in [0.15, 0.2) is 0 Å². The van der Waals surface area contributed by atoms with Crippen molar-refractivity contribution in [3.63, 3.8) is 0 Å². The van der Waals surface area contributed by atoms with Crippen LogP contribution in [0.3, 0.4) is 0 Å². The van der Waals surface area contributed by atoms with Gasteiger partial charge in [0.25, 0.3) is 0 Å². The van der Waals surface area contributed by atoms with Crippen molar-refractivity contribution >= 4 is 32.7 Å². The molecule has 2 N–H and O–H groups in total. The predicted molar refractivity (Wildman–Crippen MR) is 111 cm³/mol. The largest absolute Gasteiger partial charge is 0.471 e. The van der Waals surface area contributed by atoms with Crippen molar-refractivity contribution in [2.75, 3.05) is 18.4 Å². The molecule has 0 atom stereocenters. The van der Waals surface area contributed by atoms with Gasteiger partial charge in [0.05, 0.1) is 15.9 Å². The number of nitrogens with zero attached hydrogens (tertiary/aromatic N) is 2. The van der Waals surface area contributed by atoms with Gasteiger partial charge in [-0.05, 0) is 49.2 Å². The van der Waals surface area contributed by atoms with Crippen molar-refractivity contribution in [3.8, 4) is 0 Å². The molecule has 32 heavy (non-hydrogen) atoms. The van der Waals surface area contributed by atoms with Gasteiger partial charge in [-0.25, -0.2) is 13.2 Å². The van der Waals surface area contributed by atoms with Crippen molar-refractivity contribution in [3.05, 3.63) is 59.0 Å². The van der Waals surface area contributed by atoms with E-state index in [2.05, 4.69) is 4.98 Å². The average Bonchev–Trinajstić information content (AvgIpc) is 3.09. The third-order valence-corrected chi connectivity index (χ3v) is 7.33. The summed E-state index contributed by atoms with van der Waals surface area (Å²) in [5.74, 6) is -2.14. The summed E-state index contributed by atoms with van der Waals surface area (Å²) in [5, 5.41) is 1.67. The topological polar surface area (TPSA) is 104 Å². The zero-order valence-corrected chi connectivity index (χ0v) is 17.4. The van der Waals surface area contributed by atoms with E-state index < -0.39 is 22.1 Å². The number of aromatic nitrogens is 2. The third kappa shape index (κ3) is 4.15. The Morgan fingerprint density at radius 1 is 1.03 bits per heavy atom. The van der Waals surface area contributed by atoms with E-state index in [1.54, 1.807) is 16.0 Å². The molecule has 0 unspecified atom stereocenters. The Morgan fingerprint density at radius 3 is 2.28 bits per heavy atom. The molecule has 1 aliphatic heterocycles. The summed E-state index contributed by atoms with van der Waals surface area (Å²) in [6, 6.07) is 11.6. The van der Waals surface area contributed by atoms with Crippen LogP contribution in [0.25, 0.3) is 11.0 Å². The number of hydrogen-bond acceptors (Lipinski definition) is 4. The van der Waals surface area contributed by atoms with Crippen LogP contribution in [0.2, 0.25) is 0 Å². The molecule has 2 heterocycles. The molecular weight excluding hydrogens is 449 g/mol. The standard InChI is InChI=1S/C20H19F3N4O4S/c21-20(22,23)18(28)24-13-5-7-15(8-6-13)32(30,31)26-11-9-14(10-12-26)27-17-4-2-1-3-16(17)25-19(27)29/h1-8,14H,9-12H2,(H,24,28)(H,25,29). The number of piperidine rings is 1. The van der Waals surface area contributed by atoms with Crippen molar-refractivity contribution in [1.82, 2.24) is 13.9 Å². The number of H-pyrrole nitrogens is 1. The number of imidazole rings is 1. The van der Waals surface area contributed by atoms with Crippen molar-refractivity contribution in [2.45, 2.75) is 30.0 Å². The van der Waals surface area contributed by atoms with Crippen molar-refractivity contribution < 1.29 is 26.4 Å². The fourth-order valence-electron chi connectivity index (χ4n) is 3.84. The molecular formula is C20H19F3N4O4S. The number of carbonyl (C=O) groups excluding carboxylic acids is 1. The zero-order chi connectivity index (χ0) is 23.1. The highest BCUT2D eigenvalue weighted by Crippen LogP contribution is 2.29. The molecule has 0 spiro atoms. The van der Waals surface area contributed by atoms with Crippen LogP contribution in [0.4, 0.5) is 18.9 Å². The minimum Gasteiger partial charge on any atom is -0.318 e. The molecule has 0 aliphatic carbocycles. The molecule has 2 aromatic carbocycles. The monoisotopic (exact) mass is 468 g/mol. The molecule has 12 heteroatoms. The highest BCUT2D eigenvalue weighted by molar-refractivity contribution is 7.89. The Labute approximate surface area is 180 Å². The number of carbonyl (C=O) groups is 1. The van der Waals surface area contributed by atoms with Gasteiger partial charge in [-0.15, -0.1) is 0 Å². The van der Waals surface area contributed by atoms with E-state index in [4.69, 9.17) is 0 Å². The molecule has 4 rings (SSSR count). The second kappa shape index (κ2) is 8.10.